The van der Waals surface area contributed by atoms with Crippen LogP contribution in [0.25, 0.3) is 6.08 Å². The van der Waals surface area contributed by atoms with Crippen LogP contribution in [0.15, 0.2) is 48.5 Å². The minimum atomic E-state index is -0.412. The van der Waals surface area contributed by atoms with Gasteiger partial charge in [-0.15, -0.1) is 18.2 Å². The summed E-state index contributed by atoms with van der Waals surface area (Å²) in [7, 11) is 0. The quantitative estimate of drug-likeness (QED) is 0.378. The van der Waals surface area contributed by atoms with E-state index in [1.807, 2.05) is 18.2 Å². The molecule has 3 nitrogen and oxygen atoms in total. The maximum atomic E-state index is 10.8. The number of para-hydroxylation sites is 1. The van der Waals surface area contributed by atoms with E-state index < -0.39 is 4.92 Å². The summed E-state index contributed by atoms with van der Waals surface area (Å²) in [4.78, 5) is 10.4. The van der Waals surface area contributed by atoms with Crippen LogP contribution in [-0.2, 0) is 32.7 Å². The summed E-state index contributed by atoms with van der Waals surface area (Å²) in [5, 5.41) is 10.8. The van der Waals surface area contributed by atoms with Crippen molar-refractivity contribution in [1.29, 1.82) is 0 Å². The van der Waals surface area contributed by atoms with Crippen molar-refractivity contribution >= 4 is 11.8 Å². The van der Waals surface area contributed by atoms with Crippen molar-refractivity contribution in [2.45, 2.75) is 0 Å². The van der Waals surface area contributed by atoms with Crippen molar-refractivity contribution in [3.63, 3.8) is 0 Å². The Morgan fingerprint density at radius 3 is 2.56 bits per heavy atom. The molecule has 0 saturated carbocycles. The molecule has 0 aliphatic carbocycles. The van der Waals surface area contributed by atoms with Gasteiger partial charge in [0.25, 0.3) is 0 Å². The zero-order valence-corrected chi connectivity index (χ0v) is 12.4. The summed E-state index contributed by atoms with van der Waals surface area (Å²) in [5.74, 6) is 0. The minimum Gasteiger partial charge on any atom is -0.267 e. The van der Waals surface area contributed by atoms with E-state index in [0.29, 0.717) is 5.56 Å². The fourth-order valence-electron chi connectivity index (χ4n) is 1.41. The topological polar surface area (TPSA) is 43.1 Å². The van der Waals surface area contributed by atoms with Crippen LogP contribution in [0.1, 0.15) is 11.1 Å². The summed E-state index contributed by atoms with van der Waals surface area (Å²) in [5.41, 5.74) is 1.36. The second-order valence-corrected chi connectivity index (χ2v) is 3.38. The molecule has 2 aromatic carbocycles. The molecule has 0 aromatic heterocycles. The van der Waals surface area contributed by atoms with E-state index >= 15 is 0 Å². The molecule has 0 saturated heterocycles. The molecule has 2 rings (SSSR count). The van der Waals surface area contributed by atoms with Crippen LogP contribution in [0.5, 0.6) is 0 Å². The van der Waals surface area contributed by atoms with Gasteiger partial charge in [0, 0.05) is 37.6 Å². The monoisotopic (exact) mass is 312 g/mol. The molecule has 1 radical (unpaired) electrons. The van der Waals surface area contributed by atoms with Crippen LogP contribution in [0, 0.1) is 22.3 Å². The number of hydrogen-bond donors (Lipinski definition) is 0. The normalized spacial score (nSPS) is 10.0. The van der Waals surface area contributed by atoms with Gasteiger partial charge in [0.15, 0.2) is 5.69 Å². The number of hydrogen-bond acceptors (Lipinski definition) is 2. The maximum absolute atomic E-state index is 10.8. The Morgan fingerprint density at radius 2 is 1.89 bits per heavy atom. The third kappa shape index (κ3) is 3.86. The van der Waals surface area contributed by atoms with Crippen LogP contribution >= 0.6 is 0 Å². The van der Waals surface area contributed by atoms with Gasteiger partial charge in [-0.25, -0.2) is 11.6 Å². The van der Waals surface area contributed by atoms with E-state index in [1.54, 1.807) is 30.3 Å². The van der Waals surface area contributed by atoms with Crippen molar-refractivity contribution < 1.29 is 37.6 Å². The van der Waals surface area contributed by atoms with Crippen LogP contribution in [0.2, 0.25) is 0 Å². The molecule has 0 aliphatic heterocycles. The predicted octanol–water partition coefficient (Wildman–Crippen LogP) is 3.26. The fourth-order valence-corrected chi connectivity index (χ4v) is 1.41. The van der Waals surface area contributed by atoms with E-state index in [1.165, 1.54) is 6.07 Å². The van der Waals surface area contributed by atoms with Crippen molar-refractivity contribution in [3.8, 4) is 0 Å². The minimum absolute atomic E-state index is 0. The number of nitrogens with zero attached hydrogens (tertiary/aromatic N) is 1. The standard InChI is InChI=1S/C14H9NO2.Y/c16-15(17)14-9-5-4-8-13(14)11-10-12-6-2-1-3-7-12;/h1-6,8-10H;/q-2;. The summed E-state index contributed by atoms with van der Waals surface area (Å²) in [6, 6.07) is 16.9. The first kappa shape index (κ1) is 14.7. The third-order valence-corrected chi connectivity index (χ3v) is 2.22. The Kier molecular flexibility index (Phi) is 5.89. The van der Waals surface area contributed by atoms with Gasteiger partial charge < -0.3 is 0 Å². The first-order valence-electron chi connectivity index (χ1n) is 5.07. The number of nitro groups is 1. The smallest absolute Gasteiger partial charge is 0.196 e. The average molecular weight is 312 g/mol. The fraction of sp³-hybridized carbons (Fsp3) is 0. The maximum Gasteiger partial charge on any atom is 0.196 e. The van der Waals surface area contributed by atoms with Crippen molar-refractivity contribution in [2.75, 3.05) is 0 Å². The van der Waals surface area contributed by atoms with E-state index in [9.17, 15) is 10.1 Å². The van der Waals surface area contributed by atoms with Crippen LogP contribution in [-0.4, -0.2) is 4.92 Å². The van der Waals surface area contributed by atoms with E-state index in [2.05, 4.69) is 12.1 Å². The molecule has 0 fully saturated rings. The second-order valence-electron chi connectivity index (χ2n) is 3.38. The molecule has 0 bridgehead atoms. The average Bonchev–Trinajstić information content (AvgIpc) is 2.38. The van der Waals surface area contributed by atoms with Gasteiger partial charge in [-0.1, -0.05) is 11.6 Å². The van der Waals surface area contributed by atoms with Crippen molar-refractivity contribution in [3.05, 3.63) is 81.9 Å². The Morgan fingerprint density at radius 1 is 1.17 bits per heavy atom. The molecule has 0 heterocycles. The predicted molar refractivity (Wildman–Crippen MR) is 65.2 cm³/mol. The first-order valence-corrected chi connectivity index (χ1v) is 5.07. The van der Waals surface area contributed by atoms with Crippen molar-refractivity contribution in [1.82, 2.24) is 0 Å². The largest absolute Gasteiger partial charge is 0.267 e. The van der Waals surface area contributed by atoms with Crippen LogP contribution in [0.4, 0.5) is 5.69 Å². The Hall–Kier alpha value is -1.32. The number of benzene rings is 2. The van der Waals surface area contributed by atoms with Gasteiger partial charge in [-0.3, -0.25) is 10.1 Å². The first-order chi connectivity index (χ1) is 8.27. The Labute approximate surface area is 131 Å². The number of nitro benzene ring substituents is 1. The molecule has 0 atom stereocenters. The van der Waals surface area contributed by atoms with Gasteiger partial charge in [0.05, 0.1) is 0 Å². The molecular weight excluding hydrogens is 303 g/mol. The van der Waals surface area contributed by atoms with Gasteiger partial charge >= 0.3 is 0 Å². The van der Waals surface area contributed by atoms with Gasteiger partial charge in [0.2, 0.25) is 0 Å². The summed E-state index contributed by atoms with van der Waals surface area (Å²) >= 11 is 0. The second kappa shape index (κ2) is 7.19. The SMILES string of the molecule is O=[N+]([O-])c1ccccc1[C-]=Cc1[c-]cccc1.[Y]. The molecule has 0 amide bonds. The van der Waals surface area contributed by atoms with Gasteiger partial charge in [0.1, 0.15) is 0 Å². The molecular formula is C14H9NO2Y-2. The number of rotatable bonds is 3. The molecule has 87 valence electrons. The van der Waals surface area contributed by atoms with Gasteiger partial charge in [-0.05, 0) is 6.07 Å². The molecule has 18 heavy (non-hydrogen) atoms. The summed E-state index contributed by atoms with van der Waals surface area (Å²) < 4.78 is 0. The van der Waals surface area contributed by atoms with Crippen molar-refractivity contribution in [2.24, 2.45) is 0 Å². The molecule has 2 aromatic rings. The molecule has 0 N–H and O–H groups in total. The third-order valence-electron chi connectivity index (χ3n) is 2.22. The van der Waals surface area contributed by atoms with E-state index in [4.69, 9.17) is 0 Å². The summed E-state index contributed by atoms with van der Waals surface area (Å²) in [6.07, 6.45) is 4.60. The molecule has 4 heteroatoms. The van der Waals surface area contributed by atoms with Crippen LogP contribution in [0.3, 0.4) is 0 Å². The van der Waals surface area contributed by atoms with E-state index in [0.717, 1.165) is 5.56 Å². The Balaban J connectivity index is 0.00000162. The zero-order valence-electron chi connectivity index (χ0n) is 9.54. The Bertz CT molecular complexity index is 553. The van der Waals surface area contributed by atoms with Crippen LogP contribution < -0.4 is 0 Å². The molecule has 0 spiro atoms. The summed E-state index contributed by atoms with van der Waals surface area (Å²) in [6.45, 7) is 0. The molecule has 0 unspecified atom stereocenters. The molecule has 0 aliphatic rings. The zero-order chi connectivity index (χ0) is 12.1. The van der Waals surface area contributed by atoms with Gasteiger partial charge in [-0.2, -0.15) is 30.3 Å². The van der Waals surface area contributed by atoms with E-state index in [-0.39, 0.29) is 38.4 Å².